The van der Waals surface area contributed by atoms with E-state index in [4.69, 9.17) is 11.6 Å². The molecule has 8 heteroatoms. The number of aromatic hydroxyl groups is 1. The molecule has 0 bridgehead atoms. The van der Waals surface area contributed by atoms with E-state index < -0.39 is 35.0 Å². The maximum Gasteiger partial charge on any atom is 0.246 e. The number of carbonyl (C=O) groups is 4. The van der Waals surface area contributed by atoms with Crippen molar-refractivity contribution in [2.45, 2.75) is 76.2 Å². The second kappa shape index (κ2) is 11.4. The first-order valence-electron chi connectivity index (χ1n) is 17.2. The zero-order valence-electron chi connectivity index (χ0n) is 27.2. The summed E-state index contributed by atoms with van der Waals surface area (Å²) in [5, 5.41) is 11.2. The van der Waals surface area contributed by atoms with Crippen molar-refractivity contribution in [1.82, 2.24) is 4.90 Å². The Bertz CT molecular complexity index is 1880. The van der Waals surface area contributed by atoms with Crippen LogP contribution in [-0.2, 0) is 24.6 Å². The van der Waals surface area contributed by atoms with Crippen LogP contribution in [0.5, 0.6) is 5.75 Å². The third-order valence-electron chi connectivity index (χ3n) is 12.0. The number of rotatable bonds is 4. The third kappa shape index (κ3) is 4.32. The number of phenols is 1. The molecule has 8 rings (SSSR count). The van der Waals surface area contributed by atoms with E-state index >= 15 is 4.79 Å². The molecule has 5 aliphatic rings. The van der Waals surface area contributed by atoms with Gasteiger partial charge in [-0.05, 0) is 85.9 Å². The number of hydrogen-bond acceptors (Lipinski definition) is 5. The fraction of sp³-hybridized carbons (Fsp3) is 0.400. The molecule has 246 valence electrons. The summed E-state index contributed by atoms with van der Waals surface area (Å²) < 4.78 is 0. The molecule has 2 heterocycles. The lowest BCUT2D eigenvalue weighted by Gasteiger charge is -2.51. The van der Waals surface area contributed by atoms with Gasteiger partial charge in [0, 0.05) is 17.0 Å². The van der Waals surface area contributed by atoms with Gasteiger partial charge in [0.25, 0.3) is 0 Å². The molecule has 4 amide bonds. The summed E-state index contributed by atoms with van der Waals surface area (Å²) in [4.78, 5) is 61.6. The van der Waals surface area contributed by atoms with Crippen molar-refractivity contribution in [2.75, 3.05) is 4.90 Å². The van der Waals surface area contributed by atoms with E-state index in [9.17, 15) is 19.5 Å². The lowest BCUT2D eigenvalue weighted by molar-refractivity contribution is -0.143. The van der Waals surface area contributed by atoms with Crippen molar-refractivity contribution >= 4 is 40.9 Å². The standard InChI is InChI=1S/C40H39ClN2O5/c1-22-18-24(19-23(2)35(22)44)34-29-16-17-30-33(38(47)42(36(30)45)27-13-7-4-8-14-27)31(29)21-32-37(46)43(28-15-9-12-26(41)20-28)39(48)40(32,34)25-10-5-3-6-11-25/h3,5-6,9-12,15-16,18-20,27,30-34,44H,4,7-8,13-14,17,21H2,1-2H3. The van der Waals surface area contributed by atoms with Crippen LogP contribution >= 0.6 is 11.6 Å². The van der Waals surface area contributed by atoms with Gasteiger partial charge < -0.3 is 5.11 Å². The summed E-state index contributed by atoms with van der Waals surface area (Å²) in [6, 6.07) is 20.1. The van der Waals surface area contributed by atoms with Gasteiger partial charge in [0.15, 0.2) is 0 Å². The predicted molar refractivity (Wildman–Crippen MR) is 182 cm³/mol. The molecule has 7 nitrogen and oxygen atoms in total. The van der Waals surface area contributed by atoms with E-state index in [2.05, 4.69) is 6.08 Å². The van der Waals surface area contributed by atoms with Crippen LogP contribution in [0.2, 0.25) is 5.02 Å². The van der Waals surface area contributed by atoms with Crippen LogP contribution in [0.15, 0.2) is 78.4 Å². The Kier molecular flexibility index (Phi) is 7.40. The number of fused-ring (bicyclic) bond motifs is 4. The van der Waals surface area contributed by atoms with Gasteiger partial charge in [-0.25, -0.2) is 4.90 Å². The van der Waals surface area contributed by atoms with E-state index in [0.717, 1.165) is 48.8 Å². The average molecular weight is 663 g/mol. The predicted octanol–water partition coefficient (Wildman–Crippen LogP) is 7.16. The van der Waals surface area contributed by atoms with Crippen LogP contribution in [0, 0.1) is 37.5 Å². The molecular weight excluding hydrogens is 624 g/mol. The van der Waals surface area contributed by atoms with E-state index in [1.54, 1.807) is 29.2 Å². The van der Waals surface area contributed by atoms with Gasteiger partial charge in [-0.15, -0.1) is 0 Å². The molecule has 2 saturated carbocycles. The summed E-state index contributed by atoms with van der Waals surface area (Å²) in [7, 11) is 0. The third-order valence-corrected chi connectivity index (χ3v) is 12.2. The number of allylic oxidation sites excluding steroid dienone is 2. The Balaban J connectivity index is 1.35. The van der Waals surface area contributed by atoms with Gasteiger partial charge in [-0.2, -0.15) is 0 Å². The molecule has 3 aromatic rings. The summed E-state index contributed by atoms with van der Waals surface area (Å²) in [6.07, 6.45) is 7.57. The van der Waals surface area contributed by atoms with E-state index in [1.807, 2.05) is 56.3 Å². The number of amides is 4. The summed E-state index contributed by atoms with van der Waals surface area (Å²) >= 11 is 6.41. The molecule has 6 unspecified atom stereocenters. The molecule has 0 spiro atoms. The lowest BCUT2D eigenvalue weighted by Crippen LogP contribution is -2.53. The maximum absolute atomic E-state index is 15.3. The molecule has 3 aliphatic carbocycles. The summed E-state index contributed by atoms with van der Waals surface area (Å²) in [5.41, 5.74) is 2.87. The number of likely N-dealkylation sites (tertiary alicyclic amines) is 1. The Morgan fingerprint density at radius 2 is 1.52 bits per heavy atom. The summed E-state index contributed by atoms with van der Waals surface area (Å²) in [5.74, 6) is -3.57. The fourth-order valence-electron chi connectivity index (χ4n) is 10.00. The minimum absolute atomic E-state index is 0.0778. The molecule has 3 aromatic carbocycles. The van der Waals surface area contributed by atoms with Gasteiger partial charge in [-0.3, -0.25) is 24.1 Å². The van der Waals surface area contributed by atoms with Crippen molar-refractivity contribution in [1.29, 1.82) is 0 Å². The van der Waals surface area contributed by atoms with Gasteiger partial charge in [0.2, 0.25) is 23.6 Å². The molecular formula is C40H39ClN2O5. The normalized spacial score (nSPS) is 30.3. The van der Waals surface area contributed by atoms with Crippen molar-refractivity contribution in [3.8, 4) is 5.75 Å². The Labute approximate surface area is 285 Å². The van der Waals surface area contributed by atoms with Crippen LogP contribution in [0.25, 0.3) is 0 Å². The molecule has 2 aliphatic heterocycles. The average Bonchev–Trinajstić information content (AvgIpc) is 3.48. The largest absolute Gasteiger partial charge is 0.507 e. The van der Waals surface area contributed by atoms with E-state index in [-0.39, 0.29) is 41.8 Å². The lowest BCUT2D eigenvalue weighted by atomic mass is 9.49. The van der Waals surface area contributed by atoms with E-state index in [0.29, 0.717) is 28.3 Å². The number of anilines is 1. The van der Waals surface area contributed by atoms with Gasteiger partial charge in [0.05, 0.1) is 28.9 Å². The Morgan fingerprint density at radius 3 is 2.21 bits per heavy atom. The highest BCUT2D eigenvalue weighted by atomic mass is 35.5. The Morgan fingerprint density at radius 1 is 0.812 bits per heavy atom. The minimum Gasteiger partial charge on any atom is -0.507 e. The highest BCUT2D eigenvalue weighted by molar-refractivity contribution is 6.32. The number of aryl methyl sites for hydroxylation is 2. The van der Waals surface area contributed by atoms with Gasteiger partial charge >= 0.3 is 0 Å². The van der Waals surface area contributed by atoms with Crippen LogP contribution in [0.1, 0.15) is 73.1 Å². The molecule has 2 saturated heterocycles. The Hall–Kier alpha value is -4.23. The maximum atomic E-state index is 15.3. The van der Waals surface area contributed by atoms with E-state index in [1.165, 1.54) is 4.90 Å². The van der Waals surface area contributed by atoms with Crippen molar-refractivity contribution < 1.29 is 24.3 Å². The number of hydrogen-bond donors (Lipinski definition) is 1. The molecule has 0 aromatic heterocycles. The van der Waals surface area contributed by atoms with Crippen LogP contribution in [0.4, 0.5) is 5.69 Å². The topological polar surface area (TPSA) is 95.0 Å². The number of halogens is 1. The monoisotopic (exact) mass is 662 g/mol. The highest BCUT2D eigenvalue weighted by Gasteiger charge is 2.70. The second-order valence-corrected chi connectivity index (χ2v) is 14.9. The number of imide groups is 2. The second-order valence-electron chi connectivity index (χ2n) is 14.4. The van der Waals surface area contributed by atoms with Crippen molar-refractivity contribution in [3.63, 3.8) is 0 Å². The van der Waals surface area contributed by atoms with Gasteiger partial charge in [0.1, 0.15) is 5.75 Å². The zero-order valence-corrected chi connectivity index (χ0v) is 28.0. The molecule has 48 heavy (non-hydrogen) atoms. The smallest absolute Gasteiger partial charge is 0.246 e. The fourth-order valence-corrected chi connectivity index (χ4v) is 10.2. The van der Waals surface area contributed by atoms with Crippen molar-refractivity contribution in [2.24, 2.45) is 23.7 Å². The van der Waals surface area contributed by atoms with Crippen LogP contribution < -0.4 is 4.90 Å². The summed E-state index contributed by atoms with van der Waals surface area (Å²) in [6.45, 7) is 3.68. The molecule has 6 atom stereocenters. The van der Waals surface area contributed by atoms with Crippen LogP contribution in [-0.4, -0.2) is 39.7 Å². The van der Waals surface area contributed by atoms with Crippen molar-refractivity contribution in [3.05, 3.63) is 106 Å². The number of benzene rings is 3. The molecule has 1 N–H and O–H groups in total. The highest BCUT2D eigenvalue weighted by Crippen LogP contribution is 2.64. The SMILES string of the molecule is Cc1cc(C2C3=CCC4C(=O)N(C5CCCCC5)C(=O)C4C3CC3C(=O)N(c4cccc(Cl)c4)C(=O)C32c2ccccc2)cc(C)c1O. The van der Waals surface area contributed by atoms with Crippen LogP contribution in [0.3, 0.4) is 0 Å². The number of carbonyl (C=O) groups excluding carboxylic acids is 4. The first kappa shape index (κ1) is 31.1. The first-order chi connectivity index (χ1) is 23.1. The van der Waals surface area contributed by atoms with Gasteiger partial charge in [-0.1, -0.05) is 91.0 Å². The first-order valence-corrected chi connectivity index (χ1v) is 17.6. The number of nitrogens with zero attached hydrogens (tertiary/aromatic N) is 2. The molecule has 0 radical (unpaired) electrons. The number of phenolic OH excluding ortho intramolecular Hbond substituents is 1. The molecule has 4 fully saturated rings. The quantitative estimate of drug-likeness (QED) is 0.236. The minimum atomic E-state index is -1.33. The zero-order chi connectivity index (χ0) is 33.5.